The van der Waals surface area contributed by atoms with Crippen LogP contribution in [0.3, 0.4) is 0 Å². The first-order valence-corrected chi connectivity index (χ1v) is 10.4. The Balaban J connectivity index is 1.65. The number of halogens is 2. The number of ether oxygens (including phenoxy) is 2. The molecule has 0 spiro atoms. The maximum Gasteiger partial charge on any atom is 0.161 e. The first-order chi connectivity index (χ1) is 15.2. The first kappa shape index (κ1) is 21.3. The Labute approximate surface area is 181 Å². The summed E-state index contributed by atoms with van der Waals surface area (Å²) in [5.74, 6) is 0.0688. The third-order valence-corrected chi connectivity index (χ3v) is 5.51. The number of hydrogen-bond donors (Lipinski definition) is 1. The van der Waals surface area contributed by atoms with Gasteiger partial charge in [0.15, 0.2) is 11.5 Å². The summed E-state index contributed by atoms with van der Waals surface area (Å²) in [4.78, 5) is 2.20. The van der Waals surface area contributed by atoms with E-state index in [9.17, 15) is 8.78 Å². The van der Waals surface area contributed by atoms with Crippen LogP contribution in [0.2, 0.25) is 0 Å². The molecule has 1 aliphatic heterocycles. The van der Waals surface area contributed by atoms with Gasteiger partial charge in [0.1, 0.15) is 18.2 Å². The van der Waals surface area contributed by atoms with E-state index in [-0.39, 0.29) is 6.04 Å². The van der Waals surface area contributed by atoms with E-state index in [1.807, 2.05) is 48.5 Å². The van der Waals surface area contributed by atoms with Crippen molar-refractivity contribution in [3.8, 4) is 11.5 Å². The summed E-state index contributed by atoms with van der Waals surface area (Å²) in [5.41, 5.74) is 2.38. The van der Waals surface area contributed by atoms with E-state index in [0.29, 0.717) is 23.7 Å². The van der Waals surface area contributed by atoms with E-state index in [1.165, 1.54) is 12.1 Å². The van der Waals surface area contributed by atoms with Crippen LogP contribution in [0.1, 0.15) is 22.7 Å². The Morgan fingerprint density at radius 2 is 1.71 bits per heavy atom. The van der Waals surface area contributed by atoms with Crippen LogP contribution < -0.4 is 14.8 Å². The summed E-state index contributed by atoms with van der Waals surface area (Å²) in [6.07, 6.45) is 0. The lowest BCUT2D eigenvalue weighted by Gasteiger charge is -2.36. The van der Waals surface area contributed by atoms with Crippen LogP contribution in [-0.4, -0.2) is 38.2 Å². The zero-order valence-corrected chi connectivity index (χ0v) is 17.5. The molecule has 0 saturated carbocycles. The maximum absolute atomic E-state index is 14.8. The Hall–Kier alpha value is -2.96. The second-order valence-electron chi connectivity index (χ2n) is 7.54. The van der Waals surface area contributed by atoms with Crippen molar-refractivity contribution in [1.82, 2.24) is 10.2 Å². The highest BCUT2D eigenvalue weighted by atomic mass is 19.1. The predicted molar refractivity (Wildman–Crippen MR) is 116 cm³/mol. The zero-order valence-electron chi connectivity index (χ0n) is 17.5. The average Bonchev–Trinajstić information content (AvgIpc) is 2.81. The molecule has 0 amide bonds. The van der Waals surface area contributed by atoms with Crippen LogP contribution in [0.15, 0.2) is 66.7 Å². The van der Waals surface area contributed by atoms with Crippen molar-refractivity contribution < 1.29 is 18.3 Å². The number of nitrogens with zero attached hydrogens (tertiary/aromatic N) is 1. The van der Waals surface area contributed by atoms with Gasteiger partial charge in [-0.15, -0.1) is 0 Å². The molecule has 31 heavy (non-hydrogen) atoms. The number of benzene rings is 3. The van der Waals surface area contributed by atoms with Gasteiger partial charge in [0, 0.05) is 37.8 Å². The molecule has 0 aromatic heterocycles. The minimum atomic E-state index is -0.581. The summed E-state index contributed by atoms with van der Waals surface area (Å²) in [7, 11) is 1.59. The maximum atomic E-state index is 14.8. The molecule has 0 aliphatic carbocycles. The van der Waals surface area contributed by atoms with Crippen LogP contribution in [0.4, 0.5) is 8.78 Å². The molecule has 0 radical (unpaired) electrons. The summed E-state index contributed by atoms with van der Waals surface area (Å²) in [6, 6.07) is 19.0. The molecule has 4 nitrogen and oxygen atoms in total. The number of piperazine rings is 1. The second-order valence-corrected chi connectivity index (χ2v) is 7.54. The van der Waals surface area contributed by atoms with Gasteiger partial charge in [-0.05, 0) is 29.3 Å². The van der Waals surface area contributed by atoms with Gasteiger partial charge in [-0.1, -0.05) is 42.5 Å². The minimum Gasteiger partial charge on any atom is -0.493 e. The molecular formula is C25H26F2N2O2. The Morgan fingerprint density at radius 1 is 0.935 bits per heavy atom. The number of rotatable bonds is 7. The van der Waals surface area contributed by atoms with E-state index < -0.39 is 11.6 Å². The van der Waals surface area contributed by atoms with Gasteiger partial charge in [0.05, 0.1) is 13.2 Å². The van der Waals surface area contributed by atoms with Crippen LogP contribution >= 0.6 is 0 Å². The molecule has 4 rings (SSSR count). The quantitative estimate of drug-likeness (QED) is 0.604. The molecule has 3 aromatic rings. The monoisotopic (exact) mass is 424 g/mol. The molecule has 1 unspecified atom stereocenters. The molecule has 0 bridgehead atoms. The lowest BCUT2D eigenvalue weighted by atomic mass is 9.95. The molecule has 162 valence electrons. The average molecular weight is 424 g/mol. The normalized spacial score (nSPS) is 15.5. The van der Waals surface area contributed by atoms with Crippen molar-refractivity contribution in [3.63, 3.8) is 0 Å². The Morgan fingerprint density at radius 3 is 2.42 bits per heavy atom. The van der Waals surface area contributed by atoms with Crippen molar-refractivity contribution in [3.05, 3.63) is 95.1 Å². The predicted octanol–water partition coefficient (Wildman–Crippen LogP) is 4.55. The molecule has 1 N–H and O–H groups in total. The Kier molecular flexibility index (Phi) is 6.79. The third-order valence-electron chi connectivity index (χ3n) is 5.51. The highest BCUT2D eigenvalue weighted by Crippen LogP contribution is 2.36. The van der Waals surface area contributed by atoms with Crippen molar-refractivity contribution in [2.45, 2.75) is 12.6 Å². The summed E-state index contributed by atoms with van der Waals surface area (Å²) >= 11 is 0. The largest absolute Gasteiger partial charge is 0.493 e. The molecule has 1 saturated heterocycles. The lowest BCUT2D eigenvalue weighted by molar-refractivity contribution is 0.194. The Bertz CT molecular complexity index is 1010. The van der Waals surface area contributed by atoms with Crippen LogP contribution in [0, 0.1) is 11.6 Å². The molecule has 1 fully saturated rings. The highest BCUT2D eigenvalue weighted by molar-refractivity contribution is 5.46. The van der Waals surface area contributed by atoms with Crippen molar-refractivity contribution in [2.75, 3.05) is 33.3 Å². The molecule has 1 atom stereocenters. The highest BCUT2D eigenvalue weighted by Gasteiger charge is 2.27. The van der Waals surface area contributed by atoms with Gasteiger partial charge in [0.25, 0.3) is 0 Å². The number of methoxy groups -OCH3 is 1. The molecular weight excluding hydrogens is 398 g/mol. The lowest BCUT2D eigenvalue weighted by Crippen LogP contribution is -2.45. The minimum absolute atomic E-state index is 0.347. The van der Waals surface area contributed by atoms with E-state index >= 15 is 0 Å². The van der Waals surface area contributed by atoms with Gasteiger partial charge in [-0.3, -0.25) is 4.90 Å². The summed E-state index contributed by atoms with van der Waals surface area (Å²) in [5, 5.41) is 3.32. The van der Waals surface area contributed by atoms with Crippen LogP contribution in [0.5, 0.6) is 11.5 Å². The third kappa shape index (κ3) is 5.03. The van der Waals surface area contributed by atoms with Gasteiger partial charge >= 0.3 is 0 Å². The second kappa shape index (κ2) is 9.90. The zero-order chi connectivity index (χ0) is 21.6. The smallest absolute Gasteiger partial charge is 0.161 e. The van der Waals surface area contributed by atoms with Crippen molar-refractivity contribution in [2.24, 2.45) is 0 Å². The molecule has 6 heteroatoms. The molecule has 1 heterocycles. The SMILES string of the molecule is COc1cc(C(c2ccc(F)cc2F)N2CCNCC2)ccc1OCc1ccccc1. The molecule has 3 aromatic carbocycles. The fourth-order valence-corrected chi connectivity index (χ4v) is 3.96. The first-order valence-electron chi connectivity index (χ1n) is 10.4. The van der Waals surface area contributed by atoms with Gasteiger partial charge < -0.3 is 14.8 Å². The van der Waals surface area contributed by atoms with Crippen LogP contribution in [-0.2, 0) is 6.61 Å². The summed E-state index contributed by atoms with van der Waals surface area (Å²) in [6.45, 7) is 3.57. The van der Waals surface area contributed by atoms with E-state index in [4.69, 9.17) is 9.47 Å². The summed E-state index contributed by atoms with van der Waals surface area (Å²) < 4.78 is 39.9. The van der Waals surface area contributed by atoms with Gasteiger partial charge in [-0.25, -0.2) is 8.78 Å². The van der Waals surface area contributed by atoms with Gasteiger partial charge in [0.2, 0.25) is 0 Å². The molecule has 1 aliphatic rings. The van der Waals surface area contributed by atoms with E-state index in [0.717, 1.165) is 43.4 Å². The fourth-order valence-electron chi connectivity index (χ4n) is 3.96. The number of nitrogens with one attached hydrogen (secondary N) is 1. The van der Waals surface area contributed by atoms with Crippen LogP contribution in [0.25, 0.3) is 0 Å². The topological polar surface area (TPSA) is 33.7 Å². The fraction of sp³-hybridized carbons (Fsp3) is 0.280. The van der Waals surface area contributed by atoms with E-state index in [1.54, 1.807) is 7.11 Å². The van der Waals surface area contributed by atoms with Crippen molar-refractivity contribution >= 4 is 0 Å². The van der Waals surface area contributed by atoms with E-state index in [2.05, 4.69) is 10.2 Å². The standard InChI is InChI=1S/C25H26F2N2O2/c1-30-24-15-19(7-10-23(24)31-17-18-5-3-2-4-6-18)25(29-13-11-28-12-14-29)21-9-8-20(26)16-22(21)27/h2-10,15-16,25,28H,11-14,17H2,1H3. The van der Waals surface area contributed by atoms with Crippen molar-refractivity contribution in [1.29, 1.82) is 0 Å². The van der Waals surface area contributed by atoms with Gasteiger partial charge in [-0.2, -0.15) is 0 Å². The number of hydrogen-bond acceptors (Lipinski definition) is 4.